The standard InChI is InChI=1S/C25H25ClN4O2.ClH/c1-32-19-12-10-17(11-13-19)16-23(24-28-21-8-4-5-9-22(21)29-24)30-25(31)27-15-14-18-6-2-3-7-20(18)26;/h2-13,23H,14-16H2,1H3,(H,28,29)(H2,27,30,31);1H. The van der Waals surface area contributed by atoms with Crippen LogP contribution in [0.1, 0.15) is 23.0 Å². The Balaban J connectivity index is 0.00000306. The van der Waals surface area contributed by atoms with Crippen LogP contribution in [0.15, 0.2) is 72.8 Å². The second kappa shape index (κ2) is 11.6. The van der Waals surface area contributed by atoms with Crippen LogP contribution in [0, 0.1) is 0 Å². The Morgan fingerprint density at radius 1 is 1.06 bits per heavy atom. The van der Waals surface area contributed by atoms with Gasteiger partial charge in [-0.25, -0.2) is 9.78 Å². The molecule has 0 spiro atoms. The largest absolute Gasteiger partial charge is 0.497 e. The van der Waals surface area contributed by atoms with Crippen molar-refractivity contribution in [3.05, 3.63) is 94.8 Å². The normalized spacial score (nSPS) is 11.5. The summed E-state index contributed by atoms with van der Waals surface area (Å²) >= 11 is 6.20. The number of nitrogens with zero attached hydrogens (tertiary/aromatic N) is 1. The minimum Gasteiger partial charge on any atom is -0.497 e. The lowest BCUT2D eigenvalue weighted by molar-refractivity contribution is 0.236. The number of fused-ring (bicyclic) bond motifs is 1. The van der Waals surface area contributed by atoms with E-state index in [0.717, 1.165) is 27.9 Å². The summed E-state index contributed by atoms with van der Waals surface area (Å²) in [4.78, 5) is 20.7. The zero-order chi connectivity index (χ0) is 22.3. The zero-order valence-electron chi connectivity index (χ0n) is 18.2. The maximum atomic E-state index is 12.7. The van der Waals surface area contributed by atoms with E-state index in [4.69, 9.17) is 21.3 Å². The first-order valence-electron chi connectivity index (χ1n) is 10.5. The van der Waals surface area contributed by atoms with E-state index in [1.807, 2.05) is 72.8 Å². The van der Waals surface area contributed by atoms with Crippen LogP contribution < -0.4 is 15.4 Å². The lowest BCUT2D eigenvalue weighted by Crippen LogP contribution is -2.40. The number of benzene rings is 3. The van der Waals surface area contributed by atoms with Gasteiger partial charge in [0.1, 0.15) is 11.6 Å². The zero-order valence-corrected chi connectivity index (χ0v) is 19.7. The van der Waals surface area contributed by atoms with E-state index in [1.54, 1.807) is 7.11 Å². The maximum Gasteiger partial charge on any atom is 0.315 e. The number of imidazole rings is 1. The molecular weight excluding hydrogens is 459 g/mol. The second-order valence-corrected chi connectivity index (χ2v) is 7.89. The number of carbonyl (C=O) groups is 1. The fourth-order valence-corrected chi connectivity index (χ4v) is 3.80. The number of para-hydroxylation sites is 2. The average Bonchev–Trinajstić information content (AvgIpc) is 3.25. The third-order valence-corrected chi connectivity index (χ3v) is 5.65. The molecular formula is C25H26Cl2N4O2. The number of amides is 2. The molecule has 6 nitrogen and oxygen atoms in total. The van der Waals surface area contributed by atoms with Crippen LogP contribution in [-0.4, -0.2) is 29.7 Å². The Labute approximate surface area is 204 Å². The number of ether oxygens (including phenoxy) is 1. The topological polar surface area (TPSA) is 79.0 Å². The van der Waals surface area contributed by atoms with Gasteiger partial charge in [-0.1, -0.05) is 54.1 Å². The summed E-state index contributed by atoms with van der Waals surface area (Å²) in [5.41, 5.74) is 3.86. The van der Waals surface area contributed by atoms with Gasteiger partial charge in [0, 0.05) is 11.6 Å². The summed E-state index contributed by atoms with van der Waals surface area (Å²) in [6.07, 6.45) is 1.24. The van der Waals surface area contributed by atoms with Crippen LogP contribution in [0.4, 0.5) is 4.79 Å². The molecule has 0 aliphatic rings. The van der Waals surface area contributed by atoms with Crippen molar-refractivity contribution in [2.45, 2.75) is 18.9 Å². The highest BCUT2D eigenvalue weighted by Gasteiger charge is 2.19. The first-order valence-corrected chi connectivity index (χ1v) is 10.9. The van der Waals surface area contributed by atoms with E-state index >= 15 is 0 Å². The van der Waals surface area contributed by atoms with Crippen LogP contribution in [0.25, 0.3) is 11.0 Å². The van der Waals surface area contributed by atoms with Crippen molar-refractivity contribution in [1.82, 2.24) is 20.6 Å². The third-order valence-electron chi connectivity index (χ3n) is 5.28. The fraction of sp³-hybridized carbons (Fsp3) is 0.200. The molecule has 1 aromatic heterocycles. The molecule has 0 aliphatic carbocycles. The molecule has 2 amide bonds. The Morgan fingerprint density at radius 2 is 1.79 bits per heavy atom. The van der Waals surface area contributed by atoms with Gasteiger partial charge < -0.3 is 20.4 Å². The van der Waals surface area contributed by atoms with Crippen molar-refractivity contribution in [3.8, 4) is 5.75 Å². The monoisotopic (exact) mass is 484 g/mol. The smallest absolute Gasteiger partial charge is 0.315 e. The highest BCUT2D eigenvalue weighted by atomic mass is 35.5. The number of carbonyl (C=O) groups excluding carboxylic acids is 1. The second-order valence-electron chi connectivity index (χ2n) is 7.49. The molecule has 0 radical (unpaired) electrons. The molecule has 0 aliphatic heterocycles. The number of methoxy groups -OCH3 is 1. The van der Waals surface area contributed by atoms with Crippen LogP contribution in [0.2, 0.25) is 5.02 Å². The van der Waals surface area contributed by atoms with E-state index in [1.165, 1.54) is 0 Å². The Hall–Kier alpha value is -3.22. The maximum absolute atomic E-state index is 12.7. The predicted octanol–water partition coefficient (Wildman–Crippen LogP) is 5.47. The highest BCUT2D eigenvalue weighted by Crippen LogP contribution is 2.21. The van der Waals surface area contributed by atoms with E-state index in [2.05, 4.69) is 15.6 Å². The first-order chi connectivity index (χ1) is 15.6. The number of hydrogen-bond donors (Lipinski definition) is 3. The van der Waals surface area contributed by atoms with Gasteiger partial charge in [0.2, 0.25) is 0 Å². The molecule has 8 heteroatoms. The number of aromatic nitrogens is 2. The summed E-state index contributed by atoms with van der Waals surface area (Å²) in [5.74, 6) is 1.50. The van der Waals surface area contributed by atoms with Crippen molar-refractivity contribution in [1.29, 1.82) is 0 Å². The first kappa shape index (κ1) is 24.4. The Bertz CT molecular complexity index is 1160. The molecule has 4 aromatic rings. The van der Waals surface area contributed by atoms with E-state index in [0.29, 0.717) is 30.2 Å². The van der Waals surface area contributed by atoms with Gasteiger partial charge in [-0.15, -0.1) is 12.4 Å². The van der Waals surface area contributed by atoms with Crippen molar-refractivity contribution in [3.63, 3.8) is 0 Å². The van der Waals surface area contributed by atoms with E-state index < -0.39 is 0 Å². The molecule has 0 bridgehead atoms. The number of urea groups is 1. The minimum atomic E-state index is -0.323. The quantitative estimate of drug-likeness (QED) is 0.310. The molecule has 0 fully saturated rings. The SMILES string of the molecule is COc1ccc(CC(NC(=O)NCCc2ccccc2Cl)c2nc3ccccc3[nH]2)cc1.Cl. The minimum absolute atomic E-state index is 0. The van der Waals surface area contributed by atoms with Crippen molar-refractivity contribution in [2.75, 3.05) is 13.7 Å². The number of H-pyrrole nitrogens is 1. The number of rotatable bonds is 8. The molecule has 33 heavy (non-hydrogen) atoms. The van der Waals surface area contributed by atoms with Gasteiger partial charge in [-0.3, -0.25) is 0 Å². The molecule has 3 N–H and O–H groups in total. The van der Waals surface area contributed by atoms with Gasteiger partial charge in [-0.2, -0.15) is 0 Å². The lowest BCUT2D eigenvalue weighted by Gasteiger charge is -2.18. The molecule has 3 aromatic carbocycles. The van der Waals surface area contributed by atoms with Gasteiger partial charge in [-0.05, 0) is 54.3 Å². The molecule has 1 unspecified atom stereocenters. The van der Waals surface area contributed by atoms with Crippen molar-refractivity contribution < 1.29 is 9.53 Å². The highest BCUT2D eigenvalue weighted by molar-refractivity contribution is 6.31. The van der Waals surface area contributed by atoms with Gasteiger partial charge in [0.05, 0.1) is 24.2 Å². The van der Waals surface area contributed by atoms with Crippen LogP contribution >= 0.6 is 24.0 Å². The van der Waals surface area contributed by atoms with Crippen LogP contribution in [-0.2, 0) is 12.8 Å². The third kappa shape index (κ3) is 6.40. The summed E-state index contributed by atoms with van der Waals surface area (Å²) in [6.45, 7) is 0.477. The Kier molecular flexibility index (Phi) is 8.58. The predicted molar refractivity (Wildman–Crippen MR) is 134 cm³/mol. The van der Waals surface area contributed by atoms with Gasteiger partial charge in [0.15, 0.2) is 0 Å². The number of aromatic amines is 1. The molecule has 4 rings (SSSR count). The number of halogens is 2. The molecule has 172 valence electrons. The number of hydrogen-bond acceptors (Lipinski definition) is 3. The van der Waals surface area contributed by atoms with E-state index in [9.17, 15) is 4.79 Å². The summed E-state index contributed by atoms with van der Waals surface area (Å²) < 4.78 is 5.24. The molecule has 0 saturated heterocycles. The molecule has 1 atom stereocenters. The van der Waals surface area contributed by atoms with Crippen LogP contribution in [0.3, 0.4) is 0 Å². The average molecular weight is 485 g/mol. The summed E-state index contributed by atoms with van der Waals surface area (Å²) in [7, 11) is 1.64. The number of nitrogens with one attached hydrogen (secondary N) is 3. The fourth-order valence-electron chi connectivity index (χ4n) is 3.57. The molecule has 0 saturated carbocycles. The van der Waals surface area contributed by atoms with Crippen molar-refractivity contribution in [2.24, 2.45) is 0 Å². The van der Waals surface area contributed by atoms with Crippen molar-refractivity contribution >= 4 is 41.1 Å². The summed E-state index contributed by atoms with van der Waals surface area (Å²) in [5, 5.41) is 6.69. The lowest BCUT2D eigenvalue weighted by atomic mass is 10.1. The van der Waals surface area contributed by atoms with Crippen LogP contribution in [0.5, 0.6) is 5.75 Å². The van der Waals surface area contributed by atoms with E-state index in [-0.39, 0.29) is 24.5 Å². The Morgan fingerprint density at radius 3 is 2.52 bits per heavy atom. The summed E-state index contributed by atoms with van der Waals surface area (Å²) in [6, 6.07) is 22.7. The van der Waals surface area contributed by atoms with Gasteiger partial charge in [0.25, 0.3) is 0 Å². The molecule has 1 heterocycles. The van der Waals surface area contributed by atoms with Gasteiger partial charge >= 0.3 is 6.03 Å².